The lowest BCUT2D eigenvalue weighted by molar-refractivity contribution is -0.141. The second kappa shape index (κ2) is 11.4. The van der Waals surface area contributed by atoms with Crippen molar-refractivity contribution in [3.8, 4) is 0 Å². The Kier molecular flexibility index (Phi) is 8.25. The molecule has 1 aliphatic carbocycles. The van der Waals surface area contributed by atoms with Crippen LogP contribution >= 0.6 is 23.2 Å². The summed E-state index contributed by atoms with van der Waals surface area (Å²) >= 11 is 12.3. The van der Waals surface area contributed by atoms with E-state index in [-0.39, 0.29) is 22.2 Å². The van der Waals surface area contributed by atoms with E-state index in [1.54, 1.807) is 25.1 Å². The summed E-state index contributed by atoms with van der Waals surface area (Å²) in [6.07, 6.45) is 3.34. The summed E-state index contributed by atoms with van der Waals surface area (Å²) < 4.78 is 0. The van der Waals surface area contributed by atoms with E-state index >= 15 is 0 Å². The topological polar surface area (TPSA) is 108 Å². The minimum absolute atomic E-state index is 0.146. The van der Waals surface area contributed by atoms with E-state index in [0.29, 0.717) is 22.2 Å². The molecule has 0 saturated heterocycles. The molecule has 9 heteroatoms. The van der Waals surface area contributed by atoms with Crippen LogP contribution in [-0.2, 0) is 4.79 Å². The molecular weight excluding hydrogens is 513 g/mol. The molecule has 3 aromatic rings. The smallest absolute Gasteiger partial charge is 0.326 e. The molecule has 194 valence electrons. The van der Waals surface area contributed by atoms with Crippen LogP contribution in [0.1, 0.15) is 48.5 Å². The first-order valence-electron chi connectivity index (χ1n) is 12.2. The van der Waals surface area contributed by atoms with Crippen molar-refractivity contribution in [2.45, 2.75) is 45.6 Å². The molecule has 0 heterocycles. The number of urea groups is 1. The van der Waals surface area contributed by atoms with E-state index in [0.717, 1.165) is 36.5 Å². The van der Waals surface area contributed by atoms with Gasteiger partial charge in [-0.25, -0.2) is 9.59 Å². The van der Waals surface area contributed by atoms with Gasteiger partial charge in [0.2, 0.25) is 0 Å². The molecule has 0 aromatic heterocycles. The molecule has 1 atom stereocenters. The Morgan fingerprint density at radius 3 is 2.22 bits per heavy atom. The minimum atomic E-state index is -1.06. The van der Waals surface area contributed by atoms with Gasteiger partial charge in [0, 0.05) is 5.02 Å². The molecule has 0 radical (unpaired) electrons. The number of carbonyl (C=O) groups excluding carboxylic acids is 2. The first-order chi connectivity index (χ1) is 17.6. The fourth-order valence-corrected chi connectivity index (χ4v) is 5.52. The predicted octanol–water partition coefficient (Wildman–Crippen LogP) is 7.11. The van der Waals surface area contributed by atoms with Gasteiger partial charge in [-0.2, -0.15) is 0 Å². The van der Waals surface area contributed by atoms with Gasteiger partial charge in [-0.1, -0.05) is 67.2 Å². The van der Waals surface area contributed by atoms with Crippen LogP contribution in [0.2, 0.25) is 10.0 Å². The number of rotatable bonds is 6. The van der Waals surface area contributed by atoms with Gasteiger partial charge in [-0.05, 0) is 72.2 Å². The zero-order valence-electron chi connectivity index (χ0n) is 20.6. The Morgan fingerprint density at radius 1 is 0.946 bits per heavy atom. The molecule has 3 aromatic carbocycles. The summed E-state index contributed by atoms with van der Waals surface area (Å²) in [7, 11) is 0. The van der Waals surface area contributed by atoms with Crippen LogP contribution in [0, 0.1) is 18.8 Å². The van der Waals surface area contributed by atoms with E-state index in [9.17, 15) is 19.5 Å². The molecule has 0 bridgehead atoms. The number of anilines is 2. The number of halogens is 2. The van der Waals surface area contributed by atoms with Crippen molar-refractivity contribution in [3.05, 3.63) is 69.7 Å². The van der Waals surface area contributed by atoms with Crippen molar-refractivity contribution < 1.29 is 19.5 Å². The second-order valence-corrected chi connectivity index (χ2v) is 10.6. The summed E-state index contributed by atoms with van der Waals surface area (Å²) in [4.78, 5) is 38.5. The van der Waals surface area contributed by atoms with Crippen molar-refractivity contribution >= 4 is 63.3 Å². The van der Waals surface area contributed by atoms with Crippen molar-refractivity contribution in [1.82, 2.24) is 5.32 Å². The van der Waals surface area contributed by atoms with Crippen molar-refractivity contribution in [3.63, 3.8) is 0 Å². The normalized spacial score (nSPS) is 18.2. The van der Waals surface area contributed by atoms with Gasteiger partial charge in [0.1, 0.15) is 6.04 Å². The number of benzene rings is 3. The molecule has 7 nitrogen and oxygen atoms in total. The minimum Gasteiger partial charge on any atom is -0.480 e. The van der Waals surface area contributed by atoms with Gasteiger partial charge in [0.05, 0.1) is 22.0 Å². The maximum Gasteiger partial charge on any atom is 0.326 e. The summed E-state index contributed by atoms with van der Waals surface area (Å²) in [5, 5.41) is 20.4. The largest absolute Gasteiger partial charge is 0.480 e. The molecule has 3 amide bonds. The molecule has 1 fully saturated rings. The summed E-state index contributed by atoms with van der Waals surface area (Å²) in [5.41, 5.74) is 1.49. The van der Waals surface area contributed by atoms with Gasteiger partial charge in [0.25, 0.3) is 5.91 Å². The van der Waals surface area contributed by atoms with Gasteiger partial charge in [0.15, 0.2) is 0 Å². The van der Waals surface area contributed by atoms with E-state index in [2.05, 4.69) is 22.9 Å². The number of aliphatic carboxylic acids is 1. The monoisotopic (exact) mass is 541 g/mol. The Bertz CT molecular complexity index is 1330. The molecular formula is C28H29Cl2N3O4. The van der Waals surface area contributed by atoms with Crippen molar-refractivity contribution in [1.29, 1.82) is 0 Å². The standard InChI is InChI=1S/C28H29Cl2N3O4/c1-15-7-9-17(10-8-15)25(27(35)36)32-26(34)21-12-18-5-3-4-6-19(18)13-23(21)31-28(37)33-24-16(2)11-20(29)14-22(24)30/h3-6,11-15,17,25H,7-10H2,1-2H3,(H,32,34)(H,35,36)(H2,31,33,37)/t15?,17?,25-/m0/s1. The maximum atomic E-state index is 13.4. The lowest BCUT2D eigenvalue weighted by Crippen LogP contribution is -2.47. The Hall–Kier alpha value is -3.29. The zero-order valence-corrected chi connectivity index (χ0v) is 22.1. The molecule has 0 spiro atoms. The average Bonchev–Trinajstić information content (AvgIpc) is 2.84. The Labute approximate surface area is 225 Å². The fourth-order valence-electron chi connectivity index (χ4n) is 4.88. The third-order valence-electron chi connectivity index (χ3n) is 6.95. The van der Waals surface area contributed by atoms with Crippen LogP contribution in [0.25, 0.3) is 10.8 Å². The average molecular weight is 542 g/mol. The maximum absolute atomic E-state index is 13.4. The van der Waals surface area contributed by atoms with Crippen LogP contribution in [0.3, 0.4) is 0 Å². The number of nitrogens with one attached hydrogen (secondary N) is 3. The number of hydrogen-bond donors (Lipinski definition) is 4. The lowest BCUT2D eigenvalue weighted by atomic mass is 9.79. The van der Waals surface area contributed by atoms with Crippen LogP contribution < -0.4 is 16.0 Å². The predicted molar refractivity (Wildman–Crippen MR) is 148 cm³/mol. The van der Waals surface area contributed by atoms with E-state index in [1.807, 2.05) is 24.3 Å². The molecule has 1 aliphatic rings. The van der Waals surface area contributed by atoms with Crippen molar-refractivity contribution in [2.24, 2.45) is 11.8 Å². The molecule has 1 saturated carbocycles. The molecule has 0 unspecified atom stereocenters. The van der Waals surface area contributed by atoms with Crippen LogP contribution in [0.5, 0.6) is 0 Å². The number of carboxylic acid groups (broad SMARTS) is 1. The third-order valence-corrected chi connectivity index (χ3v) is 7.47. The highest BCUT2D eigenvalue weighted by Crippen LogP contribution is 2.32. The number of carbonyl (C=O) groups is 3. The molecule has 0 aliphatic heterocycles. The van der Waals surface area contributed by atoms with E-state index in [1.165, 1.54) is 6.07 Å². The number of hydrogen-bond acceptors (Lipinski definition) is 3. The van der Waals surface area contributed by atoms with E-state index < -0.39 is 23.9 Å². The number of aryl methyl sites for hydroxylation is 1. The molecule has 37 heavy (non-hydrogen) atoms. The van der Waals surface area contributed by atoms with E-state index in [4.69, 9.17) is 23.2 Å². The highest BCUT2D eigenvalue weighted by Gasteiger charge is 2.33. The van der Waals surface area contributed by atoms with Gasteiger partial charge in [-0.15, -0.1) is 0 Å². The highest BCUT2D eigenvalue weighted by atomic mass is 35.5. The number of fused-ring (bicyclic) bond motifs is 1. The SMILES string of the molecule is Cc1cc(Cl)cc(Cl)c1NC(=O)Nc1cc2ccccc2cc1C(=O)N[C@H](C(=O)O)C1CCC(C)CC1. The Balaban J connectivity index is 1.62. The van der Waals surface area contributed by atoms with Crippen LogP contribution in [0.4, 0.5) is 16.2 Å². The summed E-state index contributed by atoms with van der Waals surface area (Å²) in [6, 6.07) is 12.4. The van der Waals surface area contributed by atoms with Gasteiger partial charge in [-0.3, -0.25) is 4.79 Å². The zero-order chi connectivity index (χ0) is 26.7. The molecule has 4 rings (SSSR count). The first-order valence-corrected chi connectivity index (χ1v) is 13.0. The third kappa shape index (κ3) is 6.35. The molecule has 4 N–H and O–H groups in total. The highest BCUT2D eigenvalue weighted by molar-refractivity contribution is 6.37. The quantitative estimate of drug-likeness (QED) is 0.266. The number of carboxylic acids is 1. The van der Waals surface area contributed by atoms with Gasteiger partial charge >= 0.3 is 12.0 Å². The summed E-state index contributed by atoms with van der Waals surface area (Å²) in [5.74, 6) is -1.22. The van der Waals surface area contributed by atoms with Crippen LogP contribution in [0.15, 0.2) is 48.5 Å². The second-order valence-electron chi connectivity index (χ2n) is 9.71. The number of amides is 3. The first kappa shape index (κ1) is 26.8. The Morgan fingerprint density at radius 2 is 1.59 bits per heavy atom. The van der Waals surface area contributed by atoms with Gasteiger partial charge < -0.3 is 21.1 Å². The summed E-state index contributed by atoms with van der Waals surface area (Å²) in [6.45, 7) is 3.92. The van der Waals surface area contributed by atoms with Crippen LogP contribution in [-0.4, -0.2) is 29.1 Å². The lowest BCUT2D eigenvalue weighted by Gasteiger charge is -2.31. The van der Waals surface area contributed by atoms with Crippen molar-refractivity contribution in [2.75, 3.05) is 10.6 Å². The fraction of sp³-hybridized carbons (Fsp3) is 0.321.